The molecule has 1 aromatic rings. The number of hydrogen-bond acceptors (Lipinski definition) is 5. The Kier molecular flexibility index (Phi) is 5.76. The first-order valence-electron chi connectivity index (χ1n) is 7.73. The van der Waals surface area contributed by atoms with Crippen LogP contribution in [0, 0.1) is 16.0 Å². The molecule has 1 aliphatic carbocycles. The van der Waals surface area contributed by atoms with Gasteiger partial charge in [0.1, 0.15) is 12.0 Å². The van der Waals surface area contributed by atoms with E-state index in [-0.39, 0.29) is 34.6 Å². The molecule has 23 heavy (non-hydrogen) atoms. The van der Waals surface area contributed by atoms with Gasteiger partial charge in [0.15, 0.2) is 0 Å². The quantitative estimate of drug-likeness (QED) is 0.634. The molecule has 1 aliphatic rings. The summed E-state index contributed by atoms with van der Waals surface area (Å²) in [5.74, 6) is 0.474. The number of halogens is 1. The molecule has 8 heteroatoms. The number of carbonyl (C=O) groups is 1. The van der Waals surface area contributed by atoms with Gasteiger partial charge < -0.3 is 10.6 Å². The molecule has 7 nitrogen and oxygen atoms in total. The normalized spacial score (nSPS) is 21.0. The number of aromatic nitrogens is 1. The van der Waals surface area contributed by atoms with E-state index in [1.807, 2.05) is 13.8 Å². The molecule has 1 fully saturated rings. The van der Waals surface area contributed by atoms with Crippen molar-refractivity contribution in [2.75, 3.05) is 5.32 Å². The van der Waals surface area contributed by atoms with E-state index in [9.17, 15) is 14.9 Å². The van der Waals surface area contributed by atoms with E-state index in [0.717, 1.165) is 19.3 Å². The van der Waals surface area contributed by atoms with Crippen molar-refractivity contribution in [3.05, 3.63) is 27.4 Å². The maximum Gasteiger partial charge on any atom is 0.289 e. The second-order valence-corrected chi connectivity index (χ2v) is 6.56. The molecule has 2 N–H and O–H groups in total. The predicted octanol–water partition coefficient (Wildman–Crippen LogP) is 3.14. The molecule has 1 amide bonds. The van der Waals surface area contributed by atoms with Crippen LogP contribution in [0.2, 0.25) is 5.02 Å². The molecule has 2 rings (SSSR count). The SMILES string of the molecule is CC(C)NC(=O)C1CCCC(Nc2ncc([N+](=O)[O-])cc2Cl)C1. The van der Waals surface area contributed by atoms with Gasteiger partial charge in [-0.15, -0.1) is 0 Å². The van der Waals surface area contributed by atoms with Gasteiger partial charge in [-0.2, -0.15) is 0 Å². The fourth-order valence-corrected chi connectivity index (χ4v) is 3.00. The lowest BCUT2D eigenvalue weighted by Crippen LogP contribution is -2.40. The number of rotatable bonds is 5. The van der Waals surface area contributed by atoms with Gasteiger partial charge in [-0.25, -0.2) is 4.98 Å². The molecule has 0 aliphatic heterocycles. The van der Waals surface area contributed by atoms with Crippen molar-refractivity contribution in [2.45, 2.75) is 51.6 Å². The summed E-state index contributed by atoms with van der Waals surface area (Å²) in [6.45, 7) is 3.88. The van der Waals surface area contributed by atoms with E-state index < -0.39 is 4.92 Å². The molecule has 0 saturated heterocycles. The van der Waals surface area contributed by atoms with Crippen molar-refractivity contribution in [3.8, 4) is 0 Å². The molecule has 1 aromatic heterocycles. The van der Waals surface area contributed by atoms with Crippen molar-refractivity contribution in [1.82, 2.24) is 10.3 Å². The van der Waals surface area contributed by atoms with Crippen LogP contribution < -0.4 is 10.6 Å². The number of anilines is 1. The van der Waals surface area contributed by atoms with Crippen LogP contribution in [-0.2, 0) is 4.79 Å². The Labute approximate surface area is 140 Å². The summed E-state index contributed by atoms with van der Waals surface area (Å²) in [6, 6.07) is 1.49. The van der Waals surface area contributed by atoms with Crippen LogP contribution in [0.15, 0.2) is 12.3 Å². The second-order valence-electron chi connectivity index (χ2n) is 6.15. The average Bonchev–Trinajstić information content (AvgIpc) is 2.48. The zero-order valence-electron chi connectivity index (χ0n) is 13.2. The zero-order valence-corrected chi connectivity index (χ0v) is 14.0. The van der Waals surface area contributed by atoms with Crippen LogP contribution in [-0.4, -0.2) is 27.9 Å². The molecule has 0 spiro atoms. The van der Waals surface area contributed by atoms with E-state index in [0.29, 0.717) is 12.2 Å². The standard InChI is InChI=1S/C15H21ClN4O3/c1-9(2)18-15(21)10-4-3-5-11(6-10)19-14-13(16)7-12(8-17-14)20(22)23/h7-11H,3-6H2,1-2H3,(H,17,19)(H,18,21). The minimum Gasteiger partial charge on any atom is -0.366 e. The van der Waals surface area contributed by atoms with Gasteiger partial charge in [0.05, 0.1) is 9.95 Å². The smallest absolute Gasteiger partial charge is 0.289 e. The predicted molar refractivity (Wildman–Crippen MR) is 88.5 cm³/mol. The number of amides is 1. The minimum atomic E-state index is -0.532. The van der Waals surface area contributed by atoms with Crippen LogP contribution in [0.1, 0.15) is 39.5 Å². The molecular weight excluding hydrogens is 320 g/mol. The molecule has 2 unspecified atom stereocenters. The third-order valence-corrected chi connectivity index (χ3v) is 4.14. The molecule has 0 radical (unpaired) electrons. The zero-order chi connectivity index (χ0) is 17.0. The topological polar surface area (TPSA) is 97.2 Å². The Balaban J connectivity index is 2.00. The van der Waals surface area contributed by atoms with Crippen LogP contribution in [0.3, 0.4) is 0 Å². The lowest BCUT2D eigenvalue weighted by Gasteiger charge is -2.30. The lowest BCUT2D eigenvalue weighted by atomic mass is 9.85. The first-order valence-corrected chi connectivity index (χ1v) is 8.11. The van der Waals surface area contributed by atoms with Crippen molar-refractivity contribution < 1.29 is 9.72 Å². The molecule has 1 saturated carbocycles. The van der Waals surface area contributed by atoms with E-state index >= 15 is 0 Å². The van der Waals surface area contributed by atoms with Crippen molar-refractivity contribution in [3.63, 3.8) is 0 Å². The largest absolute Gasteiger partial charge is 0.366 e. The summed E-state index contributed by atoms with van der Waals surface area (Å²) >= 11 is 6.05. The fraction of sp³-hybridized carbons (Fsp3) is 0.600. The first kappa shape index (κ1) is 17.5. The second kappa shape index (κ2) is 7.59. The Morgan fingerprint density at radius 2 is 2.22 bits per heavy atom. The summed E-state index contributed by atoms with van der Waals surface area (Å²) in [6.07, 6.45) is 4.62. The number of pyridine rings is 1. The van der Waals surface area contributed by atoms with Gasteiger partial charge in [-0.05, 0) is 33.1 Å². The first-order chi connectivity index (χ1) is 10.9. The van der Waals surface area contributed by atoms with Crippen LogP contribution in [0.4, 0.5) is 11.5 Å². The third kappa shape index (κ3) is 4.79. The Morgan fingerprint density at radius 3 is 2.83 bits per heavy atom. The maximum atomic E-state index is 12.1. The van der Waals surface area contributed by atoms with E-state index in [4.69, 9.17) is 11.6 Å². The van der Waals surface area contributed by atoms with Crippen molar-refractivity contribution in [1.29, 1.82) is 0 Å². The molecule has 2 atom stereocenters. The Hall–Kier alpha value is -1.89. The summed E-state index contributed by atoms with van der Waals surface area (Å²) in [5.41, 5.74) is -0.140. The monoisotopic (exact) mass is 340 g/mol. The van der Waals surface area contributed by atoms with Gasteiger partial charge in [0, 0.05) is 24.1 Å². The van der Waals surface area contributed by atoms with Gasteiger partial charge >= 0.3 is 0 Å². The summed E-state index contributed by atoms with van der Waals surface area (Å²) in [5, 5.41) is 17.1. The summed E-state index contributed by atoms with van der Waals surface area (Å²) < 4.78 is 0. The molecule has 126 valence electrons. The van der Waals surface area contributed by atoms with Gasteiger partial charge in [0.2, 0.25) is 5.91 Å². The highest BCUT2D eigenvalue weighted by atomic mass is 35.5. The van der Waals surface area contributed by atoms with Gasteiger partial charge in [0.25, 0.3) is 5.69 Å². The molecular formula is C15H21ClN4O3. The molecule has 1 heterocycles. The highest BCUT2D eigenvalue weighted by Gasteiger charge is 2.28. The van der Waals surface area contributed by atoms with Crippen molar-refractivity contribution in [2.24, 2.45) is 5.92 Å². The third-order valence-electron chi connectivity index (χ3n) is 3.85. The van der Waals surface area contributed by atoms with Crippen molar-refractivity contribution >= 4 is 29.0 Å². The highest BCUT2D eigenvalue weighted by molar-refractivity contribution is 6.33. The number of nitro groups is 1. The summed E-state index contributed by atoms with van der Waals surface area (Å²) in [7, 11) is 0. The number of carbonyl (C=O) groups excluding carboxylic acids is 1. The van der Waals surface area contributed by atoms with E-state index in [1.165, 1.54) is 12.3 Å². The van der Waals surface area contributed by atoms with E-state index in [2.05, 4.69) is 15.6 Å². The van der Waals surface area contributed by atoms with Crippen LogP contribution >= 0.6 is 11.6 Å². The summed E-state index contributed by atoms with van der Waals surface area (Å²) in [4.78, 5) is 26.3. The number of hydrogen-bond donors (Lipinski definition) is 2. The van der Waals surface area contributed by atoms with Crippen LogP contribution in [0.5, 0.6) is 0 Å². The fourth-order valence-electron chi connectivity index (χ4n) is 2.79. The highest BCUT2D eigenvalue weighted by Crippen LogP contribution is 2.30. The number of nitrogens with one attached hydrogen (secondary N) is 2. The average molecular weight is 341 g/mol. The molecule has 0 bridgehead atoms. The minimum absolute atomic E-state index is 0.0273. The molecule has 0 aromatic carbocycles. The Morgan fingerprint density at radius 1 is 1.48 bits per heavy atom. The lowest BCUT2D eigenvalue weighted by molar-refractivity contribution is -0.385. The number of nitrogens with zero attached hydrogens (tertiary/aromatic N) is 2. The van der Waals surface area contributed by atoms with Gasteiger partial charge in [-0.1, -0.05) is 18.0 Å². The van der Waals surface area contributed by atoms with Crippen LogP contribution in [0.25, 0.3) is 0 Å². The van der Waals surface area contributed by atoms with Gasteiger partial charge in [-0.3, -0.25) is 14.9 Å². The maximum absolute atomic E-state index is 12.1. The van der Waals surface area contributed by atoms with E-state index in [1.54, 1.807) is 0 Å². The Bertz CT molecular complexity index is 594.